The van der Waals surface area contributed by atoms with Crippen LogP contribution in [0.3, 0.4) is 0 Å². The summed E-state index contributed by atoms with van der Waals surface area (Å²) < 4.78 is 10.9. The number of ether oxygens (including phenoxy) is 2. The second kappa shape index (κ2) is 10.1. The molecule has 1 aliphatic rings. The van der Waals surface area contributed by atoms with E-state index in [4.69, 9.17) is 9.47 Å². The zero-order valence-corrected chi connectivity index (χ0v) is 17.0. The quantitative estimate of drug-likeness (QED) is 0.544. The minimum Gasteiger partial charge on any atom is -0.497 e. The molecular weight excluding hydrogens is 398 g/mol. The first kappa shape index (κ1) is 22.4. The van der Waals surface area contributed by atoms with Crippen LogP contribution in [0.5, 0.6) is 17.2 Å². The highest BCUT2D eigenvalue weighted by Crippen LogP contribution is 2.30. The van der Waals surface area contributed by atoms with Crippen molar-refractivity contribution in [2.24, 2.45) is 0 Å². The third-order valence-electron chi connectivity index (χ3n) is 4.78. The molecule has 29 heavy (non-hydrogen) atoms. The van der Waals surface area contributed by atoms with Gasteiger partial charge in [0.1, 0.15) is 17.2 Å². The van der Waals surface area contributed by atoms with Crippen LogP contribution >= 0.6 is 12.4 Å². The molecule has 2 N–H and O–H groups in total. The van der Waals surface area contributed by atoms with Crippen LogP contribution in [0.1, 0.15) is 30.1 Å². The van der Waals surface area contributed by atoms with E-state index in [9.17, 15) is 14.9 Å². The molecule has 1 aliphatic heterocycles. The topological polar surface area (TPSA) is 103 Å². The Bertz CT molecular complexity index is 860. The minimum atomic E-state index is -0.529. The molecule has 2 aromatic carbocycles. The maximum Gasteiger partial charge on any atom is 0.270 e. The summed E-state index contributed by atoms with van der Waals surface area (Å²) in [6.07, 6.45) is 1.81. The fraction of sp³-hybridized carbons (Fsp3) is 0.350. The predicted molar refractivity (Wildman–Crippen MR) is 111 cm³/mol. The number of hydrogen-bond acceptors (Lipinski definition) is 6. The molecule has 2 aromatic rings. The number of hydrogen-bond donors (Lipinski definition) is 2. The van der Waals surface area contributed by atoms with E-state index in [0.29, 0.717) is 11.5 Å². The Hall–Kier alpha value is -2.84. The SMILES string of the molecule is COc1ccc(Oc2ccc([N+](=O)[O-])cc2C(=O)NC2CCCNC2C)cc1.Cl. The number of benzene rings is 2. The van der Waals surface area contributed by atoms with Crippen LogP contribution in [-0.4, -0.2) is 36.6 Å². The molecule has 0 radical (unpaired) electrons. The highest BCUT2D eigenvalue weighted by atomic mass is 35.5. The molecule has 1 saturated heterocycles. The smallest absolute Gasteiger partial charge is 0.270 e. The highest BCUT2D eigenvalue weighted by Gasteiger charge is 2.25. The Morgan fingerprint density at radius 2 is 1.90 bits per heavy atom. The van der Waals surface area contributed by atoms with E-state index in [1.165, 1.54) is 18.2 Å². The van der Waals surface area contributed by atoms with Gasteiger partial charge in [0, 0.05) is 24.2 Å². The second-order valence-electron chi connectivity index (χ2n) is 6.68. The lowest BCUT2D eigenvalue weighted by Gasteiger charge is -2.30. The second-order valence-corrected chi connectivity index (χ2v) is 6.68. The van der Waals surface area contributed by atoms with E-state index < -0.39 is 10.8 Å². The van der Waals surface area contributed by atoms with Crippen LogP contribution in [0.15, 0.2) is 42.5 Å². The number of carbonyl (C=O) groups excluding carboxylic acids is 1. The number of carbonyl (C=O) groups is 1. The number of rotatable bonds is 6. The standard InChI is InChI=1S/C20H23N3O5.ClH/c1-13-18(4-3-11-21-13)22-20(24)17-12-14(23(25)26)5-10-19(17)28-16-8-6-15(27-2)7-9-16;/h5-10,12-13,18,21H,3-4,11H2,1-2H3,(H,22,24);1H. The summed E-state index contributed by atoms with van der Waals surface area (Å²) in [4.78, 5) is 23.5. The molecular formula is C20H24ClN3O5. The molecule has 1 fully saturated rings. The predicted octanol–water partition coefficient (Wildman–Crippen LogP) is 3.69. The summed E-state index contributed by atoms with van der Waals surface area (Å²) in [5.41, 5.74) is -0.0372. The van der Waals surface area contributed by atoms with Gasteiger partial charge in [-0.05, 0) is 56.6 Å². The number of methoxy groups -OCH3 is 1. The van der Waals surface area contributed by atoms with E-state index >= 15 is 0 Å². The van der Waals surface area contributed by atoms with Gasteiger partial charge in [-0.1, -0.05) is 0 Å². The van der Waals surface area contributed by atoms with Gasteiger partial charge >= 0.3 is 0 Å². The van der Waals surface area contributed by atoms with Crippen LogP contribution in [0.25, 0.3) is 0 Å². The molecule has 0 spiro atoms. The monoisotopic (exact) mass is 421 g/mol. The number of nitro groups is 1. The maximum absolute atomic E-state index is 12.9. The summed E-state index contributed by atoms with van der Waals surface area (Å²) in [6.45, 7) is 2.92. The Labute approximate surface area is 175 Å². The normalized spacial score (nSPS) is 18.3. The molecule has 2 atom stereocenters. The van der Waals surface area contributed by atoms with Crippen LogP contribution in [0.2, 0.25) is 0 Å². The number of nitro benzene ring substituents is 1. The van der Waals surface area contributed by atoms with Crippen molar-refractivity contribution >= 4 is 24.0 Å². The zero-order valence-electron chi connectivity index (χ0n) is 16.2. The number of halogens is 1. The Morgan fingerprint density at radius 1 is 1.21 bits per heavy atom. The van der Waals surface area contributed by atoms with E-state index in [1.807, 2.05) is 6.92 Å². The molecule has 2 unspecified atom stereocenters. The van der Waals surface area contributed by atoms with Crippen LogP contribution < -0.4 is 20.1 Å². The largest absolute Gasteiger partial charge is 0.497 e. The van der Waals surface area contributed by atoms with Gasteiger partial charge in [0.15, 0.2) is 0 Å². The molecule has 156 valence electrons. The Kier molecular flexibility index (Phi) is 7.81. The summed E-state index contributed by atoms with van der Waals surface area (Å²) in [5, 5.41) is 17.5. The number of piperidine rings is 1. The third-order valence-corrected chi connectivity index (χ3v) is 4.78. The molecule has 9 heteroatoms. The summed E-state index contributed by atoms with van der Waals surface area (Å²) in [6, 6.07) is 11.0. The molecule has 8 nitrogen and oxygen atoms in total. The van der Waals surface area contributed by atoms with Gasteiger partial charge in [-0.15, -0.1) is 12.4 Å². The first-order valence-electron chi connectivity index (χ1n) is 9.12. The lowest BCUT2D eigenvalue weighted by atomic mass is 9.99. The van der Waals surface area contributed by atoms with Crippen molar-refractivity contribution in [2.75, 3.05) is 13.7 Å². The summed E-state index contributed by atoms with van der Waals surface area (Å²) >= 11 is 0. The molecule has 0 bridgehead atoms. The lowest BCUT2D eigenvalue weighted by Crippen LogP contribution is -2.51. The van der Waals surface area contributed by atoms with Gasteiger partial charge in [-0.3, -0.25) is 14.9 Å². The number of amides is 1. The molecule has 0 aliphatic carbocycles. The Balaban J connectivity index is 0.00000300. The first-order valence-corrected chi connectivity index (χ1v) is 9.12. The average Bonchev–Trinajstić information content (AvgIpc) is 2.70. The van der Waals surface area contributed by atoms with Gasteiger partial charge in [0.2, 0.25) is 0 Å². The molecule has 1 heterocycles. The van der Waals surface area contributed by atoms with Crippen LogP contribution in [0, 0.1) is 10.1 Å². The van der Waals surface area contributed by atoms with Gasteiger partial charge in [-0.25, -0.2) is 0 Å². The number of nitrogens with zero attached hydrogens (tertiary/aromatic N) is 1. The maximum atomic E-state index is 12.9. The van der Waals surface area contributed by atoms with E-state index in [-0.39, 0.29) is 41.5 Å². The van der Waals surface area contributed by atoms with Gasteiger partial charge in [-0.2, -0.15) is 0 Å². The average molecular weight is 422 g/mol. The van der Waals surface area contributed by atoms with Crippen LogP contribution in [-0.2, 0) is 0 Å². The summed E-state index contributed by atoms with van der Waals surface area (Å²) in [5.74, 6) is 1.03. The number of nitrogens with one attached hydrogen (secondary N) is 2. The first-order chi connectivity index (χ1) is 13.5. The van der Waals surface area contributed by atoms with Crippen molar-refractivity contribution < 1.29 is 19.2 Å². The number of non-ortho nitro benzene ring substituents is 1. The third kappa shape index (κ3) is 5.58. The molecule has 3 rings (SSSR count). The molecule has 0 aromatic heterocycles. The van der Waals surface area contributed by atoms with Crippen LogP contribution in [0.4, 0.5) is 5.69 Å². The van der Waals surface area contributed by atoms with Crippen molar-refractivity contribution in [1.29, 1.82) is 0 Å². The van der Waals surface area contributed by atoms with Crippen molar-refractivity contribution in [1.82, 2.24) is 10.6 Å². The summed E-state index contributed by atoms with van der Waals surface area (Å²) in [7, 11) is 1.57. The van der Waals surface area contributed by atoms with Crippen molar-refractivity contribution in [2.45, 2.75) is 31.8 Å². The van der Waals surface area contributed by atoms with Crippen molar-refractivity contribution in [3.05, 3.63) is 58.1 Å². The van der Waals surface area contributed by atoms with Crippen molar-refractivity contribution in [3.8, 4) is 17.2 Å². The fourth-order valence-electron chi connectivity index (χ4n) is 3.16. The minimum absolute atomic E-state index is 0. The van der Waals surface area contributed by atoms with E-state index in [0.717, 1.165) is 19.4 Å². The van der Waals surface area contributed by atoms with Gasteiger partial charge in [0.25, 0.3) is 11.6 Å². The lowest BCUT2D eigenvalue weighted by molar-refractivity contribution is -0.384. The van der Waals surface area contributed by atoms with Gasteiger partial charge in [0.05, 0.1) is 17.6 Å². The Morgan fingerprint density at radius 3 is 2.52 bits per heavy atom. The van der Waals surface area contributed by atoms with E-state index in [1.54, 1.807) is 31.4 Å². The highest BCUT2D eigenvalue weighted by molar-refractivity contribution is 5.98. The van der Waals surface area contributed by atoms with Gasteiger partial charge < -0.3 is 20.1 Å². The zero-order chi connectivity index (χ0) is 20.1. The molecule has 1 amide bonds. The van der Waals surface area contributed by atoms with E-state index in [2.05, 4.69) is 10.6 Å². The van der Waals surface area contributed by atoms with Crippen molar-refractivity contribution in [3.63, 3.8) is 0 Å². The molecule has 0 saturated carbocycles. The fourth-order valence-corrected chi connectivity index (χ4v) is 3.16.